The Balaban J connectivity index is 1.29. The smallest absolute Gasteiger partial charge is 0.270 e. The maximum absolute atomic E-state index is 11.0. The molecular weight excluding hydrogens is 406 g/mol. The van der Waals surface area contributed by atoms with E-state index in [0.29, 0.717) is 11.3 Å². The van der Waals surface area contributed by atoms with Crippen LogP contribution in [0.2, 0.25) is 0 Å². The molecule has 0 saturated carbocycles. The van der Waals surface area contributed by atoms with Gasteiger partial charge in [-0.05, 0) is 31.2 Å². The highest BCUT2D eigenvalue weighted by molar-refractivity contribution is 5.76. The zero-order chi connectivity index (χ0) is 22.1. The van der Waals surface area contributed by atoms with E-state index in [-0.39, 0.29) is 5.69 Å². The van der Waals surface area contributed by atoms with Crippen LogP contribution >= 0.6 is 0 Å². The summed E-state index contributed by atoms with van der Waals surface area (Å²) < 4.78 is 0. The number of anilines is 2. The third-order valence-corrected chi connectivity index (χ3v) is 5.63. The molecule has 0 N–H and O–H groups in total. The lowest BCUT2D eigenvalue weighted by Gasteiger charge is -2.36. The van der Waals surface area contributed by atoms with Crippen LogP contribution in [-0.2, 0) is 0 Å². The summed E-state index contributed by atoms with van der Waals surface area (Å²) in [5.74, 6) is 1.72. The van der Waals surface area contributed by atoms with E-state index in [1.807, 2.05) is 43.3 Å². The van der Waals surface area contributed by atoms with Crippen molar-refractivity contribution in [2.24, 2.45) is 0 Å². The molecule has 0 unspecified atom stereocenters. The maximum atomic E-state index is 11.0. The van der Waals surface area contributed by atoms with Crippen LogP contribution in [0.15, 0.2) is 60.7 Å². The van der Waals surface area contributed by atoms with Crippen LogP contribution in [0.3, 0.4) is 0 Å². The zero-order valence-electron chi connectivity index (χ0n) is 17.5. The van der Waals surface area contributed by atoms with Crippen LogP contribution in [0.25, 0.3) is 22.3 Å². The summed E-state index contributed by atoms with van der Waals surface area (Å²) in [6, 6.07) is 18.1. The Morgan fingerprint density at radius 3 is 2.25 bits per heavy atom. The minimum absolute atomic E-state index is 0.0385. The number of non-ortho nitro benzene ring substituents is 1. The highest BCUT2D eigenvalue weighted by atomic mass is 16.6. The average Bonchev–Trinajstić information content (AvgIpc) is 2.84. The number of nitro groups is 1. The molecule has 0 radical (unpaired) electrons. The van der Waals surface area contributed by atoms with E-state index in [2.05, 4.69) is 20.0 Å². The Hall–Kier alpha value is -4.14. The van der Waals surface area contributed by atoms with E-state index in [9.17, 15) is 10.1 Å². The first-order chi connectivity index (χ1) is 15.6. The monoisotopic (exact) mass is 427 g/mol. The second-order valence-electron chi connectivity index (χ2n) is 7.68. The van der Waals surface area contributed by atoms with Crippen molar-refractivity contribution in [1.82, 2.24) is 20.2 Å². The fourth-order valence-electron chi connectivity index (χ4n) is 3.95. The summed E-state index contributed by atoms with van der Waals surface area (Å²) in [6.07, 6.45) is 0. The van der Waals surface area contributed by atoms with Crippen molar-refractivity contribution in [3.63, 3.8) is 0 Å². The van der Waals surface area contributed by atoms with Gasteiger partial charge in [0.25, 0.3) is 5.69 Å². The van der Waals surface area contributed by atoms with Gasteiger partial charge < -0.3 is 9.80 Å². The number of piperazine rings is 1. The molecule has 1 saturated heterocycles. The molecule has 2 aromatic carbocycles. The molecule has 4 aromatic rings. The number of aromatic nitrogens is 4. The summed E-state index contributed by atoms with van der Waals surface area (Å²) in [5.41, 5.74) is 4.06. The highest BCUT2D eigenvalue weighted by Crippen LogP contribution is 2.25. The highest BCUT2D eigenvalue weighted by Gasteiger charge is 2.21. The molecule has 1 aliphatic heterocycles. The van der Waals surface area contributed by atoms with Crippen LogP contribution in [0, 0.1) is 17.0 Å². The van der Waals surface area contributed by atoms with Crippen molar-refractivity contribution in [3.05, 3.63) is 76.5 Å². The molecule has 1 aliphatic rings. The van der Waals surface area contributed by atoms with Crippen molar-refractivity contribution in [3.8, 4) is 11.3 Å². The molecular formula is C23H21N7O2. The van der Waals surface area contributed by atoms with Crippen LogP contribution < -0.4 is 9.80 Å². The van der Waals surface area contributed by atoms with Gasteiger partial charge in [-0.25, -0.2) is 9.97 Å². The van der Waals surface area contributed by atoms with Gasteiger partial charge in [0.05, 0.1) is 27.3 Å². The van der Waals surface area contributed by atoms with E-state index in [1.165, 1.54) is 12.1 Å². The number of rotatable bonds is 4. The molecule has 160 valence electrons. The third-order valence-electron chi connectivity index (χ3n) is 5.63. The van der Waals surface area contributed by atoms with E-state index in [0.717, 1.165) is 54.5 Å². The topological polar surface area (TPSA) is 101 Å². The molecule has 2 aromatic heterocycles. The zero-order valence-corrected chi connectivity index (χ0v) is 17.5. The molecule has 0 spiro atoms. The SMILES string of the molecule is Cc1nc2ccccc2nc1N1CCN(c2ccc(-c3cccc([N+](=O)[O-])c3)nn2)CC1. The quantitative estimate of drug-likeness (QED) is 0.359. The van der Waals surface area contributed by atoms with Gasteiger partial charge in [0.1, 0.15) is 0 Å². The lowest BCUT2D eigenvalue weighted by Crippen LogP contribution is -2.47. The Kier molecular flexibility index (Phi) is 5.06. The van der Waals surface area contributed by atoms with Crippen molar-refractivity contribution < 1.29 is 4.92 Å². The van der Waals surface area contributed by atoms with Crippen LogP contribution in [0.4, 0.5) is 17.3 Å². The second kappa shape index (κ2) is 8.18. The molecule has 0 amide bonds. The Labute approximate surface area is 184 Å². The maximum Gasteiger partial charge on any atom is 0.270 e. The Morgan fingerprint density at radius 1 is 0.844 bits per heavy atom. The molecule has 3 heterocycles. The molecule has 1 fully saturated rings. The number of hydrogen-bond donors (Lipinski definition) is 0. The summed E-state index contributed by atoms with van der Waals surface area (Å²) in [4.78, 5) is 24.6. The summed E-state index contributed by atoms with van der Waals surface area (Å²) >= 11 is 0. The molecule has 0 atom stereocenters. The number of para-hydroxylation sites is 2. The minimum atomic E-state index is -0.410. The van der Waals surface area contributed by atoms with Crippen molar-refractivity contribution >= 4 is 28.4 Å². The van der Waals surface area contributed by atoms with Gasteiger partial charge in [0, 0.05) is 43.9 Å². The number of fused-ring (bicyclic) bond motifs is 1. The first-order valence-electron chi connectivity index (χ1n) is 10.4. The normalized spacial score (nSPS) is 14.0. The lowest BCUT2D eigenvalue weighted by atomic mass is 10.1. The summed E-state index contributed by atoms with van der Waals surface area (Å²) in [6.45, 7) is 5.20. The fraction of sp³-hybridized carbons (Fsp3) is 0.217. The van der Waals surface area contributed by atoms with Crippen LogP contribution in [-0.4, -0.2) is 51.3 Å². The number of nitro benzene ring substituents is 1. The van der Waals surface area contributed by atoms with Crippen molar-refractivity contribution in [2.75, 3.05) is 36.0 Å². The number of aryl methyl sites for hydroxylation is 1. The van der Waals surface area contributed by atoms with Gasteiger partial charge in [-0.3, -0.25) is 10.1 Å². The number of benzene rings is 2. The minimum Gasteiger partial charge on any atom is -0.352 e. The third kappa shape index (κ3) is 3.80. The predicted molar refractivity (Wildman–Crippen MR) is 123 cm³/mol. The Bertz CT molecular complexity index is 1290. The largest absolute Gasteiger partial charge is 0.352 e. The van der Waals surface area contributed by atoms with Gasteiger partial charge in [0.2, 0.25) is 0 Å². The van der Waals surface area contributed by atoms with Gasteiger partial charge >= 0.3 is 0 Å². The molecule has 5 rings (SSSR count). The van der Waals surface area contributed by atoms with Gasteiger partial charge in [-0.1, -0.05) is 24.3 Å². The van der Waals surface area contributed by atoms with Gasteiger partial charge in [-0.2, -0.15) is 0 Å². The average molecular weight is 427 g/mol. The van der Waals surface area contributed by atoms with Gasteiger partial charge in [-0.15, -0.1) is 10.2 Å². The van der Waals surface area contributed by atoms with Crippen LogP contribution in [0.5, 0.6) is 0 Å². The molecule has 9 heteroatoms. The molecule has 0 aliphatic carbocycles. The van der Waals surface area contributed by atoms with E-state index >= 15 is 0 Å². The number of hydrogen-bond acceptors (Lipinski definition) is 8. The first kappa shape index (κ1) is 19.8. The molecule has 32 heavy (non-hydrogen) atoms. The Morgan fingerprint density at radius 2 is 1.56 bits per heavy atom. The van der Waals surface area contributed by atoms with Crippen molar-refractivity contribution in [2.45, 2.75) is 6.92 Å². The number of nitrogens with zero attached hydrogens (tertiary/aromatic N) is 7. The summed E-state index contributed by atoms with van der Waals surface area (Å²) in [7, 11) is 0. The predicted octanol–water partition coefficient (Wildman–Crippen LogP) is 3.63. The first-order valence-corrected chi connectivity index (χ1v) is 10.4. The molecule has 9 nitrogen and oxygen atoms in total. The standard InChI is InChI=1S/C23H21N7O2/c1-16-23(25-21-8-3-2-7-20(21)24-16)29-13-11-28(12-14-29)22-10-9-19(26-27-22)17-5-4-6-18(15-17)30(31)32/h2-10,15H,11-14H2,1H3. The van der Waals surface area contributed by atoms with Crippen LogP contribution in [0.1, 0.15) is 5.69 Å². The van der Waals surface area contributed by atoms with Gasteiger partial charge in [0.15, 0.2) is 11.6 Å². The second-order valence-corrected chi connectivity index (χ2v) is 7.68. The van der Waals surface area contributed by atoms with E-state index in [1.54, 1.807) is 12.1 Å². The fourth-order valence-corrected chi connectivity index (χ4v) is 3.95. The van der Waals surface area contributed by atoms with E-state index < -0.39 is 4.92 Å². The lowest BCUT2D eigenvalue weighted by molar-refractivity contribution is -0.384. The van der Waals surface area contributed by atoms with Crippen molar-refractivity contribution in [1.29, 1.82) is 0 Å². The molecule has 0 bridgehead atoms. The van der Waals surface area contributed by atoms with E-state index in [4.69, 9.17) is 9.97 Å². The summed E-state index contributed by atoms with van der Waals surface area (Å²) in [5, 5.41) is 19.7.